The van der Waals surface area contributed by atoms with Crippen molar-refractivity contribution in [2.75, 3.05) is 17.4 Å². The number of nitrogens with one attached hydrogen (secondary N) is 1. The van der Waals surface area contributed by atoms with Gasteiger partial charge in [0.2, 0.25) is 11.8 Å². The highest BCUT2D eigenvalue weighted by Crippen LogP contribution is 2.33. The van der Waals surface area contributed by atoms with Gasteiger partial charge in [-0.25, -0.2) is 8.42 Å². The molecule has 3 rings (SSSR count). The van der Waals surface area contributed by atoms with Crippen LogP contribution in [0.5, 0.6) is 0 Å². The Morgan fingerprint density at radius 3 is 2.15 bits per heavy atom. The van der Waals surface area contributed by atoms with Crippen LogP contribution in [0.15, 0.2) is 71.6 Å². The lowest BCUT2D eigenvalue weighted by Gasteiger charge is -2.33. The molecule has 11 heteroatoms. The second kappa shape index (κ2) is 14.9. The second-order valence-electron chi connectivity index (χ2n) is 9.64. The minimum atomic E-state index is -4.26. The zero-order valence-electron chi connectivity index (χ0n) is 23.2. The van der Waals surface area contributed by atoms with Crippen molar-refractivity contribution in [3.8, 4) is 0 Å². The van der Waals surface area contributed by atoms with Crippen molar-refractivity contribution in [2.24, 2.45) is 0 Å². The highest BCUT2D eigenvalue weighted by Gasteiger charge is 2.34. The van der Waals surface area contributed by atoms with Gasteiger partial charge in [0, 0.05) is 23.1 Å². The molecular formula is C30H34Cl3N3O4S. The van der Waals surface area contributed by atoms with Crippen LogP contribution in [-0.2, 0) is 26.2 Å². The summed E-state index contributed by atoms with van der Waals surface area (Å²) in [6.45, 7) is 5.60. The van der Waals surface area contributed by atoms with Gasteiger partial charge in [-0.1, -0.05) is 84.9 Å². The van der Waals surface area contributed by atoms with Crippen LogP contribution in [0.3, 0.4) is 0 Å². The van der Waals surface area contributed by atoms with Gasteiger partial charge in [0.05, 0.1) is 15.6 Å². The van der Waals surface area contributed by atoms with Gasteiger partial charge < -0.3 is 10.2 Å². The highest BCUT2D eigenvalue weighted by molar-refractivity contribution is 7.92. The van der Waals surface area contributed by atoms with Crippen molar-refractivity contribution in [1.29, 1.82) is 0 Å². The summed E-state index contributed by atoms with van der Waals surface area (Å²) in [4.78, 5) is 28.7. The molecule has 0 heterocycles. The summed E-state index contributed by atoms with van der Waals surface area (Å²) in [5.41, 5.74) is 1.66. The fraction of sp³-hybridized carbons (Fsp3) is 0.333. The van der Waals surface area contributed by atoms with Gasteiger partial charge in [-0.2, -0.15) is 0 Å². The summed E-state index contributed by atoms with van der Waals surface area (Å²) in [5, 5.41) is 3.79. The number of anilines is 1. The van der Waals surface area contributed by atoms with E-state index < -0.39 is 28.5 Å². The number of benzene rings is 3. The Morgan fingerprint density at radius 1 is 0.902 bits per heavy atom. The first-order chi connectivity index (χ1) is 19.5. The number of halogens is 3. The third-order valence-corrected chi connectivity index (χ3v) is 9.13. The highest BCUT2D eigenvalue weighted by atomic mass is 35.5. The third kappa shape index (κ3) is 8.61. The van der Waals surface area contributed by atoms with Gasteiger partial charge in [-0.15, -0.1) is 0 Å². The fourth-order valence-electron chi connectivity index (χ4n) is 4.24. The Labute approximate surface area is 257 Å². The minimum absolute atomic E-state index is 0.0134. The number of sulfonamides is 1. The molecule has 220 valence electrons. The van der Waals surface area contributed by atoms with Crippen LogP contribution in [0.4, 0.5) is 5.69 Å². The maximum atomic E-state index is 14.1. The summed E-state index contributed by atoms with van der Waals surface area (Å²) in [5.74, 6) is -0.888. The predicted molar refractivity (Wildman–Crippen MR) is 166 cm³/mol. The summed E-state index contributed by atoms with van der Waals surface area (Å²) >= 11 is 18.8. The number of carbonyl (C=O) groups is 2. The molecule has 0 fully saturated rings. The molecule has 0 spiro atoms. The molecule has 0 bridgehead atoms. The lowest BCUT2D eigenvalue weighted by atomic mass is 10.1. The van der Waals surface area contributed by atoms with Crippen LogP contribution >= 0.6 is 34.8 Å². The molecule has 0 radical (unpaired) electrons. The monoisotopic (exact) mass is 637 g/mol. The molecule has 0 aromatic heterocycles. The quantitative estimate of drug-likeness (QED) is 0.207. The maximum Gasteiger partial charge on any atom is 0.264 e. The van der Waals surface area contributed by atoms with E-state index in [1.807, 2.05) is 13.8 Å². The van der Waals surface area contributed by atoms with Crippen molar-refractivity contribution in [3.05, 3.63) is 92.9 Å². The van der Waals surface area contributed by atoms with E-state index in [9.17, 15) is 18.0 Å². The van der Waals surface area contributed by atoms with Crippen molar-refractivity contribution < 1.29 is 18.0 Å². The third-order valence-electron chi connectivity index (χ3n) is 6.55. The van der Waals surface area contributed by atoms with Crippen LogP contribution in [0.1, 0.15) is 44.2 Å². The van der Waals surface area contributed by atoms with Crippen molar-refractivity contribution in [2.45, 2.75) is 57.5 Å². The topological polar surface area (TPSA) is 86.8 Å². The van der Waals surface area contributed by atoms with Crippen molar-refractivity contribution in [3.63, 3.8) is 0 Å². The Hall–Kier alpha value is -2.78. The Kier molecular flexibility index (Phi) is 11.9. The smallest absolute Gasteiger partial charge is 0.264 e. The van der Waals surface area contributed by atoms with Gasteiger partial charge in [0.1, 0.15) is 12.6 Å². The normalized spacial score (nSPS) is 12.0. The first-order valence-electron chi connectivity index (χ1n) is 13.3. The molecule has 0 saturated carbocycles. The van der Waals surface area contributed by atoms with Gasteiger partial charge in [-0.05, 0) is 67.8 Å². The van der Waals surface area contributed by atoms with E-state index in [2.05, 4.69) is 5.32 Å². The molecule has 0 aliphatic carbocycles. The van der Waals surface area contributed by atoms with Crippen molar-refractivity contribution >= 4 is 62.3 Å². The van der Waals surface area contributed by atoms with E-state index in [0.717, 1.165) is 28.3 Å². The summed E-state index contributed by atoms with van der Waals surface area (Å²) in [7, 11) is -4.26. The second-order valence-corrected chi connectivity index (χ2v) is 12.8. The first-order valence-corrected chi connectivity index (χ1v) is 15.9. The molecule has 0 aliphatic heterocycles. The number of hydrogen-bond acceptors (Lipinski definition) is 4. The number of rotatable bonds is 13. The number of amides is 2. The van der Waals surface area contributed by atoms with E-state index in [-0.39, 0.29) is 33.1 Å². The van der Waals surface area contributed by atoms with E-state index >= 15 is 0 Å². The lowest BCUT2D eigenvalue weighted by Crippen LogP contribution is -2.52. The Balaban J connectivity index is 2.07. The van der Waals surface area contributed by atoms with Crippen molar-refractivity contribution in [1.82, 2.24) is 10.2 Å². The summed E-state index contributed by atoms with van der Waals surface area (Å²) in [6.07, 6.45) is 2.01. The van der Waals surface area contributed by atoms with E-state index in [1.165, 1.54) is 35.2 Å². The van der Waals surface area contributed by atoms with Crippen LogP contribution in [0.25, 0.3) is 0 Å². The number of nitrogens with zero attached hydrogens (tertiary/aromatic N) is 2. The van der Waals surface area contributed by atoms with Gasteiger partial charge in [0.25, 0.3) is 10.0 Å². The first kappa shape index (κ1) is 32.7. The van der Waals surface area contributed by atoms with Gasteiger partial charge in [0.15, 0.2) is 0 Å². The van der Waals surface area contributed by atoms with Crippen LogP contribution in [-0.4, -0.2) is 44.3 Å². The van der Waals surface area contributed by atoms with E-state index in [1.54, 1.807) is 43.3 Å². The van der Waals surface area contributed by atoms with E-state index in [4.69, 9.17) is 34.8 Å². The average Bonchev–Trinajstić information content (AvgIpc) is 2.94. The van der Waals surface area contributed by atoms with Crippen LogP contribution in [0.2, 0.25) is 15.1 Å². The van der Waals surface area contributed by atoms with Gasteiger partial charge in [-0.3, -0.25) is 13.9 Å². The number of hydrogen-bond donors (Lipinski definition) is 1. The molecule has 0 saturated heterocycles. The number of unbranched alkanes of at least 4 members (excludes halogenated alkanes) is 1. The molecule has 3 aromatic rings. The minimum Gasteiger partial charge on any atom is -0.354 e. The standard InChI is InChI=1S/C30H34Cl3N3O4S/c1-4-6-17-34-30(38)27(5-2)35(19-22-9-11-23(31)12-10-22)29(37)20-36(28-18-24(32)13-16-26(28)33)41(39,40)25-14-7-21(3)8-15-25/h7-16,18,27H,4-6,17,19-20H2,1-3H3,(H,34,38)/t27-/m0/s1. The van der Waals surface area contributed by atoms with E-state index in [0.29, 0.717) is 18.0 Å². The maximum absolute atomic E-state index is 14.1. The molecule has 0 aliphatic rings. The predicted octanol–water partition coefficient (Wildman–Crippen LogP) is 6.87. The van der Waals surface area contributed by atoms with Crippen LogP contribution < -0.4 is 9.62 Å². The molecule has 0 unspecified atom stereocenters. The number of aryl methyl sites for hydroxylation is 1. The lowest BCUT2D eigenvalue weighted by molar-refractivity contribution is -0.140. The SMILES string of the molecule is CCCCNC(=O)[C@H](CC)N(Cc1ccc(Cl)cc1)C(=O)CN(c1cc(Cl)ccc1Cl)S(=O)(=O)c1ccc(C)cc1. The molecule has 7 nitrogen and oxygen atoms in total. The Morgan fingerprint density at radius 2 is 1.54 bits per heavy atom. The molecule has 1 atom stereocenters. The summed E-state index contributed by atoms with van der Waals surface area (Å²) < 4.78 is 28.9. The molecule has 1 N–H and O–H groups in total. The largest absolute Gasteiger partial charge is 0.354 e. The molecule has 41 heavy (non-hydrogen) atoms. The number of carbonyl (C=O) groups excluding carboxylic acids is 2. The van der Waals surface area contributed by atoms with Crippen LogP contribution in [0, 0.1) is 6.92 Å². The fourth-order valence-corrected chi connectivity index (χ4v) is 6.23. The zero-order chi connectivity index (χ0) is 30.2. The average molecular weight is 639 g/mol. The van der Waals surface area contributed by atoms with Gasteiger partial charge >= 0.3 is 0 Å². The zero-order valence-corrected chi connectivity index (χ0v) is 26.3. The molecule has 3 aromatic carbocycles. The molecule has 2 amide bonds. The molecular weight excluding hydrogens is 605 g/mol. The Bertz CT molecular complexity index is 1450. The summed E-state index contributed by atoms with van der Waals surface area (Å²) in [6, 6.07) is 16.8.